The molecule has 4 aromatic rings. The summed E-state index contributed by atoms with van der Waals surface area (Å²) in [5, 5.41) is 3.50. The Morgan fingerprint density at radius 1 is 0.872 bits per heavy atom. The summed E-state index contributed by atoms with van der Waals surface area (Å²) in [5.41, 5.74) is 2.41. The number of sulfone groups is 1. The molecular formula is C31H27ClN2O4S. The molecule has 1 aliphatic rings. The van der Waals surface area contributed by atoms with Crippen LogP contribution in [0.15, 0.2) is 107 Å². The normalized spacial score (nSPS) is 14.6. The van der Waals surface area contributed by atoms with Crippen molar-refractivity contribution in [2.75, 3.05) is 4.90 Å². The lowest BCUT2D eigenvalue weighted by atomic mass is 10.1. The third kappa shape index (κ3) is 5.60. The number of amides is 2. The molecule has 2 amide bonds. The topological polar surface area (TPSA) is 83.6 Å². The summed E-state index contributed by atoms with van der Waals surface area (Å²) >= 11 is 6.19. The van der Waals surface area contributed by atoms with Crippen LogP contribution >= 0.6 is 11.6 Å². The minimum absolute atomic E-state index is 0.0310. The summed E-state index contributed by atoms with van der Waals surface area (Å²) in [4.78, 5) is 28.3. The van der Waals surface area contributed by atoms with E-state index in [1.54, 1.807) is 30.3 Å². The molecule has 0 radical (unpaired) electrons. The first kappa shape index (κ1) is 26.7. The number of hydrogen-bond acceptors (Lipinski definition) is 4. The number of nitrogens with zero attached hydrogens (tertiary/aromatic N) is 1. The van der Waals surface area contributed by atoms with E-state index < -0.39 is 15.7 Å². The molecule has 198 valence electrons. The fourth-order valence-electron chi connectivity index (χ4n) is 4.73. The minimum atomic E-state index is -4.03. The van der Waals surface area contributed by atoms with Crippen LogP contribution in [0, 0.1) is 0 Å². The summed E-state index contributed by atoms with van der Waals surface area (Å²) in [7, 11) is -4.03. The highest BCUT2D eigenvalue weighted by Crippen LogP contribution is 2.38. The highest BCUT2D eigenvalue weighted by atomic mass is 35.5. The minimum Gasteiger partial charge on any atom is -0.350 e. The van der Waals surface area contributed by atoms with Crippen molar-refractivity contribution in [1.29, 1.82) is 0 Å². The predicted octanol–water partition coefficient (Wildman–Crippen LogP) is 6.08. The zero-order chi connectivity index (χ0) is 27.6. The first-order valence-electron chi connectivity index (χ1n) is 12.6. The van der Waals surface area contributed by atoms with Crippen molar-refractivity contribution in [3.8, 4) is 0 Å². The van der Waals surface area contributed by atoms with Crippen LogP contribution in [0.4, 0.5) is 5.69 Å². The maximum absolute atomic E-state index is 13.8. The lowest BCUT2D eigenvalue weighted by Crippen LogP contribution is -2.34. The van der Waals surface area contributed by atoms with Gasteiger partial charge in [0.1, 0.15) is 0 Å². The summed E-state index contributed by atoms with van der Waals surface area (Å²) in [6, 6.07) is 27.5. The van der Waals surface area contributed by atoms with E-state index in [9.17, 15) is 18.0 Å². The van der Waals surface area contributed by atoms with Crippen LogP contribution in [-0.4, -0.2) is 26.3 Å². The van der Waals surface area contributed by atoms with Gasteiger partial charge in [0.2, 0.25) is 9.84 Å². The Balaban J connectivity index is 1.50. The van der Waals surface area contributed by atoms with E-state index in [4.69, 9.17) is 11.6 Å². The quantitative estimate of drug-likeness (QED) is 0.298. The van der Waals surface area contributed by atoms with Crippen LogP contribution in [0.5, 0.6) is 0 Å². The van der Waals surface area contributed by atoms with Crippen LogP contribution in [-0.2, 0) is 22.8 Å². The molecule has 5 rings (SSSR count). The molecule has 1 aliphatic heterocycles. The molecule has 1 heterocycles. The Morgan fingerprint density at radius 2 is 1.59 bits per heavy atom. The van der Waals surface area contributed by atoms with Gasteiger partial charge >= 0.3 is 0 Å². The highest BCUT2D eigenvalue weighted by Gasteiger charge is 2.36. The van der Waals surface area contributed by atoms with Crippen LogP contribution in [0.1, 0.15) is 45.2 Å². The van der Waals surface area contributed by atoms with Gasteiger partial charge in [0.05, 0.1) is 27.6 Å². The number of halogens is 1. The van der Waals surface area contributed by atoms with Crippen molar-refractivity contribution < 1.29 is 18.0 Å². The Kier molecular flexibility index (Phi) is 7.55. The Bertz CT molecular complexity index is 1650. The smallest absolute Gasteiger partial charge is 0.259 e. The number of carbonyl (C=O) groups is 2. The second-order valence-electron chi connectivity index (χ2n) is 9.60. The molecule has 1 N–H and O–H groups in total. The maximum atomic E-state index is 13.8. The molecule has 0 aromatic heterocycles. The summed E-state index contributed by atoms with van der Waals surface area (Å²) in [6.45, 7) is 2.01. The maximum Gasteiger partial charge on any atom is 0.259 e. The van der Waals surface area contributed by atoms with Crippen molar-refractivity contribution >= 4 is 38.9 Å². The Hall–Kier alpha value is -3.94. The molecule has 1 unspecified atom stereocenters. The van der Waals surface area contributed by atoms with Gasteiger partial charge in [0, 0.05) is 16.6 Å². The van der Waals surface area contributed by atoms with E-state index in [-0.39, 0.29) is 45.1 Å². The number of fused-ring (bicyclic) bond motifs is 2. The van der Waals surface area contributed by atoms with Crippen molar-refractivity contribution in [2.45, 2.75) is 42.1 Å². The number of nitrogens with one attached hydrogen (secondary N) is 1. The molecule has 1 atom stereocenters. The SMILES string of the molecule is CC(CCc1ccccc1)NC(=O)c1ccc2c(c1)N(Cc1cccc(Cl)c1)C(=O)c1ccccc1S2(=O)=O. The zero-order valence-corrected chi connectivity index (χ0v) is 22.9. The molecule has 39 heavy (non-hydrogen) atoms. The second kappa shape index (κ2) is 11.0. The van der Waals surface area contributed by atoms with Crippen LogP contribution < -0.4 is 10.2 Å². The Labute approximate surface area is 233 Å². The van der Waals surface area contributed by atoms with Crippen molar-refractivity contribution in [1.82, 2.24) is 5.32 Å². The van der Waals surface area contributed by atoms with Gasteiger partial charge < -0.3 is 10.2 Å². The third-order valence-electron chi connectivity index (χ3n) is 6.77. The fourth-order valence-corrected chi connectivity index (χ4v) is 6.57. The molecule has 6 nitrogen and oxygen atoms in total. The molecule has 0 saturated heterocycles. The summed E-state index contributed by atoms with van der Waals surface area (Å²) in [5.74, 6) is -0.811. The number of benzene rings is 4. The molecule has 0 spiro atoms. The molecule has 0 fully saturated rings. The lowest BCUT2D eigenvalue weighted by Gasteiger charge is -2.24. The first-order chi connectivity index (χ1) is 18.7. The van der Waals surface area contributed by atoms with Crippen molar-refractivity contribution in [3.63, 3.8) is 0 Å². The molecule has 0 aliphatic carbocycles. The van der Waals surface area contributed by atoms with E-state index in [0.29, 0.717) is 5.02 Å². The zero-order valence-electron chi connectivity index (χ0n) is 21.3. The van der Waals surface area contributed by atoms with E-state index in [0.717, 1.165) is 18.4 Å². The van der Waals surface area contributed by atoms with Crippen LogP contribution in [0.3, 0.4) is 0 Å². The lowest BCUT2D eigenvalue weighted by molar-refractivity contribution is 0.0935. The fraction of sp³-hybridized carbons (Fsp3) is 0.161. The van der Waals surface area contributed by atoms with Gasteiger partial charge in [-0.2, -0.15) is 0 Å². The van der Waals surface area contributed by atoms with Gasteiger partial charge in [-0.1, -0.05) is 66.2 Å². The molecule has 8 heteroatoms. The highest BCUT2D eigenvalue weighted by molar-refractivity contribution is 7.91. The number of carbonyl (C=O) groups excluding carboxylic acids is 2. The van der Waals surface area contributed by atoms with E-state index >= 15 is 0 Å². The first-order valence-corrected chi connectivity index (χ1v) is 14.5. The number of aryl methyl sites for hydroxylation is 1. The number of rotatable bonds is 7. The summed E-state index contributed by atoms with van der Waals surface area (Å²) < 4.78 is 27.4. The van der Waals surface area contributed by atoms with Gasteiger partial charge in [-0.3, -0.25) is 9.59 Å². The van der Waals surface area contributed by atoms with Crippen LogP contribution in [0.2, 0.25) is 5.02 Å². The predicted molar refractivity (Wildman–Crippen MR) is 152 cm³/mol. The van der Waals surface area contributed by atoms with Crippen molar-refractivity contribution in [3.05, 3.63) is 124 Å². The van der Waals surface area contributed by atoms with Gasteiger partial charge in [0.15, 0.2) is 0 Å². The van der Waals surface area contributed by atoms with E-state index in [2.05, 4.69) is 5.32 Å². The molecular weight excluding hydrogens is 532 g/mol. The van der Waals surface area contributed by atoms with Gasteiger partial charge in [-0.25, -0.2) is 8.42 Å². The third-order valence-corrected chi connectivity index (χ3v) is 8.86. The van der Waals surface area contributed by atoms with Gasteiger partial charge in [-0.05, 0) is 73.4 Å². The Morgan fingerprint density at radius 3 is 2.36 bits per heavy atom. The number of anilines is 1. The molecule has 0 bridgehead atoms. The van der Waals surface area contributed by atoms with E-state index in [1.807, 2.05) is 43.3 Å². The second-order valence-corrected chi connectivity index (χ2v) is 11.9. The average Bonchev–Trinajstić information content (AvgIpc) is 3.00. The number of hydrogen-bond donors (Lipinski definition) is 1. The van der Waals surface area contributed by atoms with Crippen LogP contribution in [0.25, 0.3) is 0 Å². The average molecular weight is 559 g/mol. The molecule has 0 saturated carbocycles. The largest absolute Gasteiger partial charge is 0.350 e. The van der Waals surface area contributed by atoms with E-state index in [1.165, 1.54) is 40.8 Å². The van der Waals surface area contributed by atoms with Crippen molar-refractivity contribution in [2.24, 2.45) is 0 Å². The standard InChI is InChI=1S/C31H27ClN2O4S/c1-21(14-15-22-8-3-2-4-9-22)33-30(35)24-16-17-29-27(19-24)34(20-23-10-7-11-25(32)18-23)31(36)26-12-5-6-13-28(26)39(29,37)38/h2-13,16-19,21H,14-15,20H2,1H3,(H,33,35). The summed E-state index contributed by atoms with van der Waals surface area (Å²) in [6.07, 6.45) is 1.55. The van der Waals surface area contributed by atoms with Gasteiger partial charge in [-0.15, -0.1) is 0 Å². The monoisotopic (exact) mass is 558 g/mol. The van der Waals surface area contributed by atoms with Gasteiger partial charge in [0.25, 0.3) is 11.8 Å². The molecule has 4 aromatic carbocycles.